The molecule has 0 saturated heterocycles. The van der Waals surface area contributed by atoms with Crippen LogP contribution in [0.1, 0.15) is 48.7 Å². The van der Waals surface area contributed by atoms with Crippen molar-refractivity contribution in [3.8, 4) is 62.7 Å². The molecule has 0 bridgehead atoms. The number of para-hydroxylation sites is 1. The maximum Gasteiger partial charge on any atom is 0.345 e. The Balaban J connectivity index is 1.19. The molecular weight excluding hydrogens is 1120 g/mol. The summed E-state index contributed by atoms with van der Waals surface area (Å²) in [5.74, 6) is 0.00702. The largest absolute Gasteiger partial charge is 0.543 e. The van der Waals surface area contributed by atoms with Crippen LogP contribution in [0.25, 0.3) is 44.9 Å². The third-order valence-electron chi connectivity index (χ3n) is 13.7. The van der Waals surface area contributed by atoms with Gasteiger partial charge in [-0.2, -0.15) is 8.42 Å². The second-order valence-corrected chi connectivity index (χ2v) is 27.6. The van der Waals surface area contributed by atoms with Crippen molar-refractivity contribution in [2.45, 2.75) is 89.8 Å². The van der Waals surface area contributed by atoms with Gasteiger partial charge in [-0.05, 0) is 128 Å². The first kappa shape index (κ1) is 59.7. The second kappa shape index (κ2) is 25.2. The van der Waals surface area contributed by atoms with Crippen LogP contribution in [0.2, 0.25) is 28.2 Å². The number of ether oxygens (including phenoxy) is 5. The van der Waals surface area contributed by atoms with E-state index in [0.717, 1.165) is 5.56 Å². The van der Waals surface area contributed by atoms with Crippen LogP contribution in [0.5, 0.6) is 28.9 Å². The molecule has 16 nitrogen and oxygen atoms in total. The summed E-state index contributed by atoms with van der Waals surface area (Å²) in [7, 11) is -5.07. The molecule has 0 radical (unpaired) electrons. The zero-order valence-electron chi connectivity index (χ0n) is 46.1. The average Bonchev–Trinajstić information content (AvgIpc) is 3.91. The van der Waals surface area contributed by atoms with Gasteiger partial charge >= 0.3 is 5.97 Å². The summed E-state index contributed by atoms with van der Waals surface area (Å²) in [4.78, 5) is 31.7. The van der Waals surface area contributed by atoms with E-state index in [1.807, 2.05) is 31.2 Å². The Morgan fingerprint density at radius 1 is 0.877 bits per heavy atom. The fraction of sp³-hybridized carbons (Fsp3) is 0.283. The molecule has 0 unspecified atom stereocenters. The Morgan fingerprint density at radius 2 is 1.58 bits per heavy atom. The lowest BCUT2D eigenvalue weighted by atomic mass is 9.91. The van der Waals surface area contributed by atoms with Gasteiger partial charge in [-0.15, -0.1) is 6.58 Å². The highest BCUT2D eigenvalue weighted by atomic mass is 35.5. The van der Waals surface area contributed by atoms with Crippen LogP contribution < -0.4 is 23.4 Å². The van der Waals surface area contributed by atoms with Crippen LogP contribution in [0.4, 0.5) is 4.39 Å². The highest BCUT2D eigenvalue weighted by Crippen LogP contribution is 2.51. The number of hydrogen-bond acceptors (Lipinski definition) is 15. The van der Waals surface area contributed by atoms with Gasteiger partial charge in [0.15, 0.2) is 11.6 Å². The predicted molar refractivity (Wildman–Crippen MR) is 310 cm³/mol. The van der Waals surface area contributed by atoms with Crippen molar-refractivity contribution in [3.63, 3.8) is 0 Å². The van der Waals surface area contributed by atoms with Gasteiger partial charge in [0.2, 0.25) is 26.0 Å². The first-order valence-electron chi connectivity index (χ1n) is 25.6. The fourth-order valence-electron chi connectivity index (χ4n) is 8.43. The fourth-order valence-corrected chi connectivity index (χ4v) is 10.9. The van der Waals surface area contributed by atoms with Crippen molar-refractivity contribution in [2.24, 2.45) is 0 Å². The molecule has 0 spiro atoms. The van der Waals surface area contributed by atoms with E-state index in [9.17, 15) is 22.7 Å². The normalized spacial score (nSPS) is 12.7. The number of aliphatic carboxylic acids is 1. The highest BCUT2D eigenvalue weighted by Gasteiger charge is 2.39. The summed E-state index contributed by atoms with van der Waals surface area (Å²) in [5, 5.41) is 11.1. The number of benzene rings is 5. The molecular formula is C60H61Cl2FN4O12SSi. The van der Waals surface area contributed by atoms with E-state index in [4.69, 9.17) is 64.9 Å². The quantitative estimate of drug-likeness (QED) is 0.0259. The first-order chi connectivity index (χ1) is 38.5. The van der Waals surface area contributed by atoms with Crippen molar-refractivity contribution in [1.82, 2.24) is 19.9 Å². The lowest BCUT2D eigenvalue weighted by Gasteiger charge is -2.36. The van der Waals surface area contributed by atoms with Crippen LogP contribution in [0.3, 0.4) is 0 Å². The Hall–Kier alpha value is -7.39. The summed E-state index contributed by atoms with van der Waals surface area (Å²) in [5.41, 5.74) is 4.38. The van der Waals surface area contributed by atoms with E-state index < -0.39 is 49.0 Å². The van der Waals surface area contributed by atoms with Crippen LogP contribution in [0.15, 0.2) is 132 Å². The van der Waals surface area contributed by atoms with Gasteiger partial charge in [0.1, 0.15) is 59.9 Å². The molecule has 0 saturated carbocycles. The number of methoxy groups -OCH3 is 1. The van der Waals surface area contributed by atoms with Gasteiger partial charge in [0, 0.05) is 29.3 Å². The summed E-state index contributed by atoms with van der Waals surface area (Å²) < 4.78 is 90.5. The van der Waals surface area contributed by atoms with Gasteiger partial charge in [-0.3, -0.25) is 4.18 Å². The number of nitrogens with zero attached hydrogens (tertiary/aromatic N) is 4. The summed E-state index contributed by atoms with van der Waals surface area (Å²) in [6.07, 6.45) is 1.38. The number of aromatic nitrogens is 4. The highest BCUT2D eigenvalue weighted by molar-refractivity contribution is 7.86. The maximum atomic E-state index is 14.6. The number of halogens is 3. The van der Waals surface area contributed by atoms with Crippen LogP contribution >= 0.6 is 23.2 Å². The molecule has 21 heteroatoms. The number of furan rings is 1. The SMILES string of the molecule is C=CCOC[C@H](COS(=O)(=O)c1ccc(C)cc1)Oc1c(Cl)c(C)c(-c2c(-c3ccc(F)cc3)oc3ncnc(O[C@H](Cc4cc(O[Si](C)(C)C(C)(C)C)ccc4OCc4ccnc(-c5ccccc5OC)n4)C(=O)O)c23)c(C)c1Cl. The van der Waals surface area contributed by atoms with E-state index >= 15 is 0 Å². The third-order valence-corrected chi connectivity index (χ3v) is 20.3. The van der Waals surface area contributed by atoms with E-state index in [2.05, 4.69) is 55.4 Å². The van der Waals surface area contributed by atoms with Crippen molar-refractivity contribution in [2.75, 3.05) is 26.9 Å². The zero-order valence-corrected chi connectivity index (χ0v) is 49.5. The average molecular weight is 1180 g/mol. The molecule has 81 heavy (non-hydrogen) atoms. The minimum Gasteiger partial charge on any atom is -0.543 e. The Morgan fingerprint density at radius 3 is 2.25 bits per heavy atom. The number of aryl methyl sites for hydroxylation is 1. The summed E-state index contributed by atoms with van der Waals surface area (Å²) in [6.45, 7) is 19.0. The molecule has 0 aliphatic rings. The molecule has 0 fully saturated rings. The Labute approximate surface area is 481 Å². The smallest absolute Gasteiger partial charge is 0.345 e. The van der Waals surface area contributed by atoms with Crippen LogP contribution in [-0.4, -0.2) is 86.9 Å². The molecule has 8 aromatic rings. The summed E-state index contributed by atoms with van der Waals surface area (Å²) >= 11 is 14.5. The molecule has 0 aliphatic heterocycles. The Bertz CT molecular complexity index is 3680. The number of carboxylic acid groups (broad SMARTS) is 1. The monoisotopic (exact) mass is 1180 g/mol. The number of hydrogen-bond donors (Lipinski definition) is 1. The summed E-state index contributed by atoms with van der Waals surface area (Å²) in [6, 6.07) is 26.1. The number of carbonyl (C=O) groups is 1. The van der Waals surface area contributed by atoms with Crippen molar-refractivity contribution in [1.29, 1.82) is 0 Å². The molecule has 0 amide bonds. The van der Waals surface area contributed by atoms with Gasteiger partial charge in [-0.1, -0.05) is 79.9 Å². The number of rotatable bonds is 24. The molecule has 1 N–H and O–H groups in total. The number of fused-ring (bicyclic) bond motifs is 1. The van der Waals surface area contributed by atoms with Gasteiger partial charge in [0.05, 0.1) is 46.5 Å². The van der Waals surface area contributed by atoms with Crippen molar-refractivity contribution >= 4 is 58.7 Å². The molecule has 3 heterocycles. The van der Waals surface area contributed by atoms with Crippen molar-refractivity contribution in [3.05, 3.63) is 166 Å². The van der Waals surface area contributed by atoms with E-state index in [1.165, 1.54) is 48.8 Å². The molecule has 424 valence electrons. The van der Waals surface area contributed by atoms with E-state index in [1.54, 1.807) is 63.6 Å². The van der Waals surface area contributed by atoms with Crippen LogP contribution in [0, 0.1) is 26.6 Å². The molecule has 8 rings (SSSR count). The topological polar surface area (TPSA) is 201 Å². The van der Waals surface area contributed by atoms with E-state index in [0.29, 0.717) is 62.1 Å². The maximum absolute atomic E-state index is 14.6. The van der Waals surface area contributed by atoms with Gasteiger partial charge in [-0.25, -0.2) is 29.1 Å². The van der Waals surface area contributed by atoms with Gasteiger partial charge < -0.3 is 37.6 Å². The first-order valence-corrected chi connectivity index (χ1v) is 30.7. The lowest BCUT2D eigenvalue weighted by Crippen LogP contribution is -2.43. The van der Waals surface area contributed by atoms with Crippen LogP contribution in [-0.2, 0) is 36.9 Å². The standard InChI is InChI=1S/C60H61Cl2FN4O12SSi/c1-11-28-73-32-43(33-75-80(70,71)44-23-16-35(2)17-24-44)76-55-52(61)36(3)49(37(4)53(55)62)50-51-57(65-34-66-58(51)78-54(50)38-18-20-40(63)21-19-38)77-48(59(68)69)30-39-29-42(79-81(9,10)60(5,6)7)22-25-46(39)74-31-41-26-27-64-56(67-41)45-14-12-13-15-47(45)72-8/h11-27,29,34,43,48H,1,28,30-33H2,2-10H3,(H,68,69)/t43-,48-/m1/s1. The second-order valence-electron chi connectivity index (χ2n) is 20.5. The van der Waals surface area contributed by atoms with Crippen molar-refractivity contribution < 1.29 is 59.4 Å². The predicted octanol–water partition coefficient (Wildman–Crippen LogP) is 13.8. The number of carboxylic acids is 1. The minimum atomic E-state index is -4.23. The zero-order chi connectivity index (χ0) is 58.4. The molecule has 0 aliphatic carbocycles. The molecule has 5 aromatic carbocycles. The minimum absolute atomic E-state index is 0.00946. The lowest BCUT2D eigenvalue weighted by molar-refractivity contribution is -0.145. The third kappa shape index (κ3) is 13.7. The Kier molecular flexibility index (Phi) is 18.6. The molecule has 3 aromatic heterocycles. The van der Waals surface area contributed by atoms with E-state index in [-0.39, 0.29) is 80.3 Å². The molecule has 2 atom stereocenters. The van der Waals surface area contributed by atoms with Gasteiger partial charge in [0.25, 0.3) is 10.1 Å².